The number of ether oxygens (including phenoxy) is 2. The molecule has 4 aliphatic carbocycles. The highest BCUT2D eigenvalue weighted by Gasteiger charge is 2.79. The fourth-order valence-corrected chi connectivity index (χ4v) is 8.16. The minimum Gasteiger partial charge on any atom is -0.390 e. The van der Waals surface area contributed by atoms with Crippen molar-refractivity contribution < 1.29 is 28.6 Å². The second kappa shape index (κ2) is 6.31. The first kappa shape index (κ1) is 21.8. The topological polar surface area (TPSA) is 72.8 Å². The van der Waals surface area contributed by atoms with Crippen molar-refractivity contribution in [3.63, 3.8) is 0 Å². The van der Waals surface area contributed by atoms with Gasteiger partial charge in [0.2, 0.25) is 0 Å². The number of fused-ring (bicyclic) bond motifs is 7. The normalized spacial score (nSPS) is 52.1. The standard InChI is InChI=1S/C24H31FO5S/c1-20(2)29-19-10-16-15-6-5-13-9-14(26)7-8-21(13,3)23(15,25)17(27)11-22(16,4)24(19,30-20)18(28)12-31/h7-9,15-17,19,27,31H,5-6,10-12H2,1-4H3/t15-,16-,17-,19+,21-,22-,23?,24+/m0/s1. The van der Waals surface area contributed by atoms with Gasteiger partial charge < -0.3 is 14.6 Å². The second-order valence-corrected chi connectivity index (χ2v) is 11.2. The van der Waals surface area contributed by atoms with Gasteiger partial charge in [-0.15, -0.1) is 0 Å². The molecule has 0 aromatic rings. The third-order valence-electron chi connectivity index (χ3n) is 9.19. The van der Waals surface area contributed by atoms with Crippen LogP contribution in [0.3, 0.4) is 0 Å². The Hall–Kier alpha value is -1.02. The predicted octanol–water partition coefficient (Wildman–Crippen LogP) is 3.36. The Kier molecular flexibility index (Phi) is 4.44. The SMILES string of the molecule is CC1(C)O[C@@H]2C[C@H]3[C@@H]4CCC5=CC(=O)C=C[C@]5(C)C4(F)[C@@H](O)C[C@]3(C)[C@]2(C(=O)CS)O1. The minimum absolute atomic E-state index is 0.00473. The molecule has 0 spiro atoms. The summed E-state index contributed by atoms with van der Waals surface area (Å²) in [6, 6.07) is 0. The molecule has 170 valence electrons. The maximum absolute atomic E-state index is 17.2. The largest absolute Gasteiger partial charge is 0.390 e. The van der Waals surface area contributed by atoms with E-state index in [4.69, 9.17) is 9.47 Å². The Bertz CT molecular complexity index is 929. The maximum Gasteiger partial charge on any atom is 0.178 e. The van der Waals surface area contributed by atoms with Gasteiger partial charge in [-0.3, -0.25) is 9.59 Å². The van der Waals surface area contributed by atoms with Gasteiger partial charge in [-0.25, -0.2) is 4.39 Å². The van der Waals surface area contributed by atoms with Crippen LogP contribution in [-0.4, -0.2) is 51.7 Å². The van der Waals surface area contributed by atoms with E-state index in [2.05, 4.69) is 12.6 Å². The fourth-order valence-electron chi connectivity index (χ4n) is 7.93. The van der Waals surface area contributed by atoms with Gasteiger partial charge in [0.1, 0.15) is 0 Å². The average molecular weight is 451 g/mol. The number of rotatable bonds is 2. The van der Waals surface area contributed by atoms with Crippen LogP contribution in [0.2, 0.25) is 0 Å². The number of hydrogen-bond donors (Lipinski definition) is 2. The molecule has 1 unspecified atom stereocenters. The van der Waals surface area contributed by atoms with E-state index < -0.39 is 46.0 Å². The molecule has 7 heteroatoms. The molecular weight excluding hydrogens is 419 g/mol. The number of Topliss-reactive ketones (excluding diaryl/α,β-unsaturated/α-hetero) is 1. The van der Waals surface area contributed by atoms with Crippen molar-refractivity contribution in [1.82, 2.24) is 0 Å². The number of alkyl halides is 1. The van der Waals surface area contributed by atoms with E-state index >= 15 is 4.39 Å². The van der Waals surface area contributed by atoms with Gasteiger partial charge >= 0.3 is 0 Å². The molecule has 0 aromatic heterocycles. The molecule has 1 N–H and O–H groups in total. The molecule has 4 fully saturated rings. The van der Waals surface area contributed by atoms with Crippen molar-refractivity contribution >= 4 is 24.2 Å². The molecule has 5 nitrogen and oxygen atoms in total. The van der Waals surface area contributed by atoms with Crippen LogP contribution >= 0.6 is 12.6 Å². The molecule has 31 heavy (non-hydrogen) atoms. The summed E-state index contributed by atoms with van der Waals surface area (Å²) in [5.41, 5.74) is -4.27. The zero-order chi connectivity index (χ0) is 22.6. The van der Waals surface area contributed by atoms with Gasteiger partial charge in [0.15, 0.2) is 28.6 Å². The van der Waals surface area contributed by atoms with E-state index in [-0.39, 0.29) is 29.7 Å². The fraction of sp³-hybridized carbons (Fsp3) is 0.750. The van der Waals surface area contributed by atoms with Crippen molar-refractivity contribution in [1.29, 1.82) is 0 Å². The van der Waals surface area contributed by atoms with Crippen LogP contribution in [0.15, 0.2) is 23.8 Å². The summed E-state index contributed by atoms with van der Waals surface area (Å²) in [7, 11) is 0. The van der Waals surface area contributed by atoms with Crippen LogP contribution < -0.4 is 0 Å². The maximum atomic E-state index is 17.2. The highest BCUT2D eigenvalue weighted by Crippen LogP contribution is 2.72. The number of ketones is 2. The van der Waals surface area contributed by atoms with Gasteiger partial charge in [0.05, 0.1) is 18.0 Å². The summed E-state index contributed by atoms with van der Waals surface area (Å²) < 4.78 is 29.7. The lowest BCUT2D eigenvalue weighted by Gasteiger charge is -2.62. The first-order valence-corrected chi connectivity index (χ1v) is 11.8. The van der Waals surface area contributed by atoms with E-state index in [1.807, 2.05) is 6.92 Å². The summed E-state index contributed by atoms with van der Waals surface area (Å²) >= 11 is 4.26. The smallest absolute Gasteiger partial charge is 0.178 e. The van der Waals surface area contributed by atoms with Crippen LogP contribution in [-0.2, 0) is 19.1 Å². The average Bonchev–Trinajstić information content (AvgIpc) is 3.09. The van der Waals surface area contributed by atoms with Crippen molar-refractivity contribution in [3.8, 4) is 0 Å². The summed E-state index contributed by atoms with van der Waals surface area (Å²) in [4.78, 5) is 25.3. The van der Waals surface area contributed by atoms with Crippen LogP contribution in [0.25, 0.3) is 0 Å². The second-order valence-electron chi connectivity index (χ2n) is 10.9. The molecule has 0 amide bonds. The number of hydrogen-bond acceptors (Lipinski definition) is 6. The molecule has 1 heterocycles. The number of aliphatic hydroxyl groups excluding tert-OH is 1. The molecule has 0 aromatic carbocycles. The summed E-state index contributed by atoms with van der Waals surface area (Å²) in [6.45, 7) is 7.33. The van der Waals surface area contributed by atoms with Crippen LogP contribution in [0.5, 0.6) is 0 Å². The molecule has 1 aliphatic heterocycles. The lowest BCUT2D eigenvalue weighted by molar-refractivity contribution is -0.245. The zero-order valence-electron chi connectivity index (χ0n) is 18.5. The van der Waals surface area contributed by atoms with Crippen molar-refractivity contribution in [3.05, 3.63) is 23.8 Å². The molecule has 5 rings (SSSR count). The van der Waals surface area contributed by atoms with Crippen LogP contribution in [0.4, 0.5) is 4.39 Å². The number of halogens is 1. The first-order chi connectivity index (χ1) is 14.4. The summed E-state index contributed by atoms with van der Waals surface area (Å²) in [5.74, 6) is -1.92. The summed E-state index contributed by atoms with van der Waals surface area (Å²) in [5, 5.41) is 11.4. The number of thiol groups is 1. The Morgan fingerprint density at radius 2 is 2.00 bits per heavy atom. The molecule has 5 aliphatic rings. The van der Waals surface area contributed by atoms with Crippen molar-refractivity contribution in [2.45, 2.75) is 82.6 Å². The predicted molar refractivity (Wildman–Crippen MR) is 115 cm³/mol. The lowest BCUT2D eigenvalue weighted by atomic mass is 9.44. The molecule has 1 saturated heterocycles. The van der Waals surface area contributed by atoms with Gasteiger partial charge in [-0.1, -0.05) is 18.6 Å². The van der Waals surface area contributed by atoms with Crippen molar-refractivity contribution in [2.24, 2.45) is 22.7 Å². The van der Waals surface area contributed by atoms with E-state index in [0.717, 1.165) is 5.57 Å². The lowest BCUT2D eigenvalue weighted by Crippen LogP contribution is -2.69. The zero-order valence-corrected chi connectivity index (χ0v) is 19.4. The highest BCUT2D eigenvalue weighted by molar-refractivity contribution is 7.81. The van der Waals surface area contributed by atoms with E-state index in [0.29, 0.717) is 19.3 Å². The minimum atomic E-state index is -1.93. The number of carbonyl (C=O) groups is 2. The van der Waals surface area contributed by atoms with Gasteiger partial charge in [0.25, 0.3) is 0 Å². The van der Waals surface area contributed by atoms with E-state index in [1.165, 1.54) is 12.2 Å². The third kappa shape index (κ3) is 2.39. The number of aliphatic hydroxyl groups is 1. The molecular formula is C24H31FO5S. The highest BCUT2D eigenvalue weighted by atomic mass is 32.1. The van der Waals surface area contributed by atoms with Crippen LogP contribution in [0.1, 0.15) is 53.4 Å². The Balaban J connectivity index is 1.64. The Morgan fingerprint density at radius 1 is 1.29 bits per heavy atom. The van der Waals surface area contributed by atoms with Gasteiger partial charge in [-0.2, -0.15) is 12.6 Å². The Morgan fingerprint density at radius 3 is 2.68 bits per heavy atom. The first-order valence-electron chi connectivity index (χ1n) is 11.2. The van der Waals surface area contributed by atoms with E-state index in [9.17, 15) is 14.7 Å². The number of carbonyl (C=O) groups excluding carboxylic acids is 2. The summed E-state index contributed by atoms with van der Waals surface area (Å²) in [6.07, 6.45) is 4.47. The molecule has 0 bridgehead atoms. The monoisotopic (exact) mass is 450 g/mol. The van der Waals surface area contributed by atoms with Crippen molar-refractivity contribution in [2.75, 3.05) is 5.75 Å². The number of allylic oxidation sites excluding steroid dienone is 4. The van der Waals surface area contributed by atoms with Gasteiger partial charge in [-0.05, 0) is 64.5 Å². The molecule has 3 saturated carbocycles. The van der Waals surface area contributed by atoms with Crippen LogP contribution in [0, 0.1) is 22.7 Å². The Labute approximate surface area is 187 Å². The molecule has 0 radical (unpaired) electrons. The third-order valence-corrected chi connectivity index (χ3v) is 9.48. The molecule has 8 atom stereocenters. The van der Waals surface area contributed by atoms with E-state index in [1.54, 1.807) is 26.8 Å². The quantitative estimate of drug-likeness (QED) is 0.632. The van der Waals surface area contributed by atoms with Gasteiger partial charge in [0, 0.05) is 16.7 Å².